The first-order valence-electron chi connectivity index (χ1n) is 7.08. The van der Waals surface area contributed by atoms with E-state index in [9.17, 15) is 9.90 Å². The van der Waals surface area contributed by atoms with Gasteiger partial charge >= 0.3 is 0 Å². The molecule has 4 N–H and O–H groups in total. The molecular formula is C13H13ClN8O3. The summed E-state index contributed by atoms with van der Waals surface area (Å²) < 4.78 is 4.46. The van der Waals surface area contributed by atoms with E-state index in [1.54, 1.807) is 24.3 Å². The standard InChI is InChI=1S/C13H13ClN8O3/c14-8-3-1-2-7(4-8)9(6-23)16-10(24)5-22-18-13(17-21-22)11-12(15)20-25-19-11/h1-4,9,23H,5-6H2,(H2,15,20)(H,16,24). The summed E-state index contributed by atoms with van der Waals surface area (Å²) in [5, 5.41) is 31.1. The van der Waals surface area contributed by atoms with E-state index in [0.29, 0.717) is 10.6 Å². The molecule has 2 heterocycles. The topological polar surface area (TPSA) is 158 Å². The van der Waals surface area contributed by atoms with Crippen LogP contribution in [0.3, 0.4) is 0 Å². The number of nitrogens with one attached hydrogen (secondary N) is 1. The van der Waals surface area contributed by atoms with E-state index in [-0.39, 0.29) is 30.5 Å². The molecular weight excluding hydrogens is 352 g/mol. The fourth-order valence-electron chi connectivity index (χ4n) is 2.08. The average Bonchev–Trinajstić information content (AvgIpc) is 3.21. The van der Waals surface area contributed by atoms with E-state index in [1.807, 2.05) is 0 Å². The molecule has 11 nitrogen and oxygen atoms in total. The number of aromatic nitrogens is 6. The first kappa shape index (κ1) is 16.8. The lowest BCUT2D eigenvalue weighted by Crippen LogP contribution is -2.34. The van der Waals surface area contributed by atoms with Crippen LogP contribution in [-0.4, -0.2) is 48.1 Å². The van der Waals surface area contributed by atoms with Crippen molar-refractivity contribution in [2.45, 2.75) is 12.6 Å². The maximum Gasteiger partial charge on any atom is 0.244 e. The quantitative estimate of drug-likeness (QED) is 0.538. The number of anilines is 1. The second-order valence-corrected chi connectivity index (χ2v) is 5.44. The number of halogens is 1. The van der Waals surface area contributed by atoms with Crippen LogP contribution in [0.5, 0.6) is 0 Å². The molecule has 0 radical (unpaired) electrons. The van der Waals surface area contributed by atoms with Crippen molar-refractivity contribution >= 4 is 23.3 Å². The van der Waals surface area contributed by atoms with E-state index >= 15 is 0 Å². The zero-order valence-corrected chi connectivity index (χ0v) is 13.5. The highest BCUT2D eigenvalue weighted by Gasteiger charge is 2.18. The second kappa shape index (κ2) is 7.23. The minimum absolute atomic E-state index is 0.0188. The van der Waals surface area contributed by atoms with Gasteiger partial charge in [0.25, 0.3) is 0 Å². The predicted octanol–water partition coefficient (Wildman–Crippen LogP) is -0.192. The summed E-state index contributed by atoms with van der Waals surface area (Å²) in [5.41, 5.74) is 6.36. The van der Waals surface area contributed by atoms with Crippen molar-refractivity contribution in [3.05, 3.63) is 34.9 Å². The van der Waals surface area contributed by atoms with Crippen LogP contribution in [-0.2, 0) is 11.3 Å². The Bertz CT molecular complexity index is 880. The van der Waals surface area contributed by atoms with E-state index in [1.165, 1.54) is 0 Å². The highest BCUT2D eigenvalue weighted by atomic mass is 35.5. The number of hydrogen-bond acceptors (Lipinski definition) is 9. The molecule has 1 atom stereocenters. The van der Waals surface area contributed by atoms with Crippen molar-refractivity contribution in [2.24, 2.45) is 0 Å². The average molecular weight is 365 g/mol. The molecule has 0 fully saturated rings. The van der Waals surface area contributed by atoms with E-state index < -0.39 is 11.9 Å². The van der Waals surface area contributed by atoms with Gasteiger partial charge in [0.2, 0.25) is 11.7 Å². The Morgan fingerprint density at radius 3 is 2.96 bits per heavy atom. The zero-order valence-electron chi connectivity index (χ0n) is 12.7. The highest BCUT2D eigenvalue weighted by molar-refractivity contribution is 6.30. The number of nitrogens with zero attached hydrogens (tertiary/aromatic N) is 6. The predicted molar refractivity (Wildman–Crippen MR) is 84.9 cm³/mol. The van der Waals surface area contributed by atoms with Crippen molar-refractivity contribution in [1.82, 2.24) is 35.8 Å². The molecule has 3 rings (SSSR count). The number of nitrogen functional groups attached to an aromatic ring is 1. The van der Waals surface area contributed by atoms with Gasteiger partial charge in [-0.1, -0.05) is 23.7 Å². The van der Waals surface area contributed by atoms with Crippen LogP contribution in [0.2, 0.25) is 5.02 Å². The molecule has 0 saturated heterocycles. The van der Waals surface area contributed by atoms with Crippen LogP contribution < -0.4 is 11.1 Å². The van der Waals surface area contributed by atoms with Gasteiger partial charge in [0, 0.05) is 5.02 Å². The molecule has 25 heavy (non-hydrogen) atoms. The van der Waals surface area contributed by atoms with Crippen molar-refractivity contribution < 1.29 is 14.5 Å². The van der Waals surface area contributed by atoms with Gasteiger partial charge in [-0.15, -0.1) is 10.2 Å². The summed E-state index contributed by atoms with van der Waals surface area (Å²) >= 11 is 5.92. The molecule has 130 valence electrons. The lowest BCUT2D eigenvalue weighted by molar-refractivity contribution is -0.123. The second-order valence-electron chi connectivity index (χ2n) is 5.00. The molecule has 0 aliphatic carbocycles. The SMILES string of the molecule is Nc1nonc1-c1nnn(CC(=O)NC(CO)c2cccc(Cl)c2)n1. The van der Waals surface area contributed by atoms with Gasteiger partial charge in [0.15, 0.2) is 11.5 Å². The number of carbonyl (C=O) groups excluding carboxylic acids is 1. The molecule has 2 aromatic heterocycles. The Kier molecular flexibility index (Phi) is 4.86. The zero-order chi connectivity index (χ0) is 17.8. The van der Waals surface area contributed by atoms with Crippen LogP contribution in [0.4, 0.5) is 5.82 Å². The first-order valence-corrected chi connectivity index (χ1v) is 7.46. The lowest BCUT2D eigenvalue weighted by atomic mass is 10.1. The number of nitrogens with two attached hydrogens (primary N) is 1. The maximum absolute atomic E-state index is 12.1. The monoisotopic (exact) mass is 364 g/mol. The molecule has 0 aliphatic rings. The third-order valence-corrected chi connectivity index (χ3v) is 3.47. The molecule has 1 unspecified atom stereocenters. The van der Waals surface area contributed by atoms with Gasteiger partial charge in [-0.2, -0.15) is 4.80 Å². The number of amides is 1. The van der Waals surface area contributed by atoms with Crippen LogP contribution in [0.15, 0.2) is 28.9 Å². The maximum atomic E-state index is 12.1. The molecule has 3 aromatic rings. The summed E-state index contributed by atoms with van der Waals surface area (Å²) in [6.45, 7) is -0.501. The highest BCUT2D eigenvalue weighted by Crippen LogP contribution is 2.18. The minimum atomic E-state index is -0.607. The fourth-order valence-corrected chi connectivity index (χ4v) is 2.28. The summed E-state index contributed by atoms with van der Waals surface area (Å²) in [6, 6.07) is 6.24. The Morgan fingerprint density at radius 2 is 2.28 bits per heavy atom. The Labute approximate surface area is 145 Å². The summed E-state index contributed by atoms with van der Waals surface area (Å²) in [5.74, 6) is -0.320. The fraction of sp³-hybridized carbons (Fsp3) is 0.231. The van der Waals surface area contributed by atoms with Crippen LogP contribution in [0.25, 0.3) is 11.5 Å². The first-order chi connectivity index (χ1) is 12.1. The van der Waals surface area contributed by atoms with Crippen LogP contribution >= 0.6 is 11.6 Å². The molecule has 12 heteroatoms. The number of carbonyl (C=O) groups is 1. The Morgan fingerprint density at radius 1 is 1.44 bits per heavy atom. The van der Waals surface area contributed by atoms with Crippen LogP contribution in [0, 0.1) is 0 Å². The van der Waals surface area contributed by atoms with Gasteiger partial charge in [0.05, 0.1) is 12.6 Å². The van der Waals surface area contributed by atoms with Gasteiger partial charge in [-0.3, -0.25) is 4.79 Å². The lowest BCUT2D eigenvalue weighted by Gasteiger charge is -2.16. The Hall–Kier alpha value is -3.05. The van der Waals surface area contributed by atoms with Crippen molar-refractivity contribution in [3.8, 4) is 11.5 Å². The third kappa shape index (κ3) is 3.89. The van der Waals surface area contributed by atoms with E-state index in [0.717, 1.165) is 4.80 Å². The number of aliphatic hydroxyl groups excluding tert-OH is 1. The Balaban J connectivity index is 1.66. The van der Waals surface area contributed by atoms with E-state index in [2.05, 4.69) is 35.7 Å². The number of benzene rings is 1. The molecule has 0 saturated carbocycles. The molecule has 0 aliphatic heterocycles. The molecule has 0 bridgehead atoms. The van der Waals surface area contributed by atoms with Gasteiger partial charge in [-0.05, 0) is 33.2 Å². The molecule has 1 amide bonds. The summed E-state index contributed by atoms with van der Waals surface area (Å²) in [7, 11) is 0. The summed E-state index contributed by atoms with van der Waals surface area (Å²) in [4.78, 5) is 13.2. The third-order valence-electron chi connectivity index (χ3n) is 3.23. The van der Waals surface area contributed by atoms with Gasteiger partial charge in [0.1, 0.15) is 6.54 Å². The number of hydrogen-bond donors (Lipinski definition) is 3. The number of rotatable bonds is 6. The normalized spacial score (nSPS) is 12.1. The van der Waals surface area contributed by atoms with Crippen molar-refractivity contribution in [2.75, 3.05) is 12.3 Å². The van der Waals surface area contributed by atoms with Crippen molar-refractivity contribution in [3.63, 3.8) is 0 Å². The summed E-state index contributed by atoms with van der Waals surface area (Å²) in [6.07, 6.45) is 0. The van der Waals surface area contributed by atoms with Crippen molar-refractivity contribution in [1.29, 1.82) is 0 Å². The number of tetrazole rings is 1. The molecule has 1 aromatic carbocycles. The van der Waals surface area contributed by atoms with Gasteiger partial charge < -0.3 is 16.2 Å². The van der Waals surface area contributed by atoms with Crippen LogP contribution in [0.1, 0.15) is 11.6 Å². The minimum Gasteiger partial charge on any atom is -0.394 e. The van der Waals surface area contributed by atoms with E-state index in [4.69, 9.17) is 17.3 Å². The van der Waals surface area contributed by atoms with Gasteiger partial charge in [-0.25, -0.2) is 4.63 Å². The molecule has 0 spiro atoms. The number of aliphatic hydroxyl groups is 1. The smallest absolute Gasteiger partial charge is 0.244 e. The largest absolute Gasteiger partial charge is 0.394 e.